The Balaban J connectivity index is 1.20. The summed E-state index contributed by atoms with van der Waals surface area (Å²) in [6.45, 7) is 1.50. The van der Waals surface area contributed by atoms with Crippen LogP contribution in [0.3, 0.4) is 0 Å². The van der Waals surface area contributed by atoms with Crippen LogP contribution >= 0.6 is 11.3 Å². The number of carbonyl (C=O) groups is 1. The van der Waals surface area contributed by atoms with Crippen LogP contribution in [0, 0.1) is 0 Å². The van der Waals surface area contributed by atoms with Crippen molar-refractivity contribution in [3.8, 4) is 10.6 Å². The quantitative estimate of drug-likeness (QED) is 0.483. The number of hydrogen-bond acceptors (Lipinski definition) is 7. The minimum atomic E-state index is -4.45. The van der Waals surface area contributed by atoms with E-state index in [-0.39, 0.29) is 24.0 Å². The van der Waals surface area contributed by atoms with Crippen molar-refractivity contribution in [2.45, 2.75) is 42.9 Å². The van der Waals surface area contributed by atoms with E-state index in [9.17, 15) is 26.4 Å². The number of carbonyl (C=O) groups excluding carboxylic acids is 1. The molecule has 0 radical (unpaired) electrons. The van der Waals surface area contributed by atoms with E-state index in [0.29, 0.717) is 38.2 Å². The number of hydrogen-bond donors (Lipinski definition) is 2. The first-order valence-corrected chi connectivity index (χ1v) is 14.2. The van der Waals surface area contributed by atoms with Crippen LogP contribution in [0.2, 0.25) is 0 Å². The molecule has 14 heteroatoms. The number of amides is 2. The smallest absolute Gasteiger partial charge is 0.367 e. The van der Waals surface area contributed by atoms with Gasteiger partial charge in [0, 0.05) is 48.7 Å². The van der Waals surface area contributed by atoms with E-state index in [0.717, 1.165) is 33.4 Å². The minimum absolute atomic E-state index is 0.102. The number of urea groups is 1. The maximum atomic E-state index is 13.2. The van der Waals surface area contributed by atoms with Crippen LogP contribution in [-0.4, -0.2) is 59.3 Å². The lowest BCUT2D eigenvalue weighted by Gasteiger charge is -2.32. The largest absolute Gasteiger partial charge is 0.417 e. The molecule has 2 aliphatic heterocycles. The summed E-state index contributed by atoms with van der Waals surface area (Å²) in [4.78, 5) is 22.7. The van der Waals surface area contributed by atoms with Crippen LogP contribution in [0.1, 0.15) is 29.0 Å². The molecule has 3 N–H and O–H groups in total. The van der Waals surface area contributed by atoms with Gasteiger partial charge in [0.25, 0.3) is 0 Å². The highest BCUT2D eigenvalue weighted by atomic mass is 32.2. The average molecular weight is 567 g/mol. The van der Waals surface area contributed by atoms with Gasteiger partial charge in [-0.25, -0.2) is 23.2 Å². The van der Waals surface area contributed by atoms with Gasteiger partial charge in [0.05, 0.1) is 22.7 Å². The number of primary amides is 1. The van der Waals surface area contributed by atoms with Crippen LogP contribution in [-0.2, 0) is 29.2 Å². The standard InChI is InChI=1S/C24H25F3N6O3S2/c25-24(26,27)16-3-6-21(29-13-16)30-17-7-11-33(12-8-17)38(35,36)18-4-1-15(2-5-18)22-31-19-9-10-32(23(28)34)14-20(19)37-22/h1-6,13,17H,7-12,14H2,(H2,28,34)(H,29,30). The molecule has 2 amide bonds. The van der Waals surface area contributed by atoms with E-state index in [1.165, 1.54) is 21.7 Å². The van der Waals surface area contributed by atoms with E-state index < -0.39 is 27.8 Å². The number of halogens is 3. The van der Waals surface area contributed by atoms with Gasteiger partial charge in [-0.2, -0.15) is 17.5 Å². The number of thiazole rings is 1. The number of piperidine rings is 1. The number of nitrogens with zero attached hydrogens (tertiary/aromatic N) is 4. The van der Waals surface area contributed by atoms with Crippen molar-refractivity contribution < 1.29 is 26.4 Å². The molecule has 0 unspecified atom stereocenters. The Kier molecular flexibility index (Phi) is 7.05. The second-order valence-electron chi connectivity index (χ2n) is 9.18. The predicted octanol–water partition coefficient (Wildman–Crippen LogP) is 3.93. The Hall–Kier alpha value is -3.23. The summed E-state index contributed by atoms with van der Waals surface area (Å²) in [5, 5.41) is 3.85. The van der Waals surface area contributed by atoms with Gasteiger partial charge < -0.3 is 16.0 Å². The van der Waals surface area contributed by atoms with Gasteiger partial charge in [0.1, 0.15) is 10.8 Å². The molecule has 0 saturated carbocycles. The first kappa shape index (κ1) is 26.4. The van der Waals surface area contributed by atoms with Crippen molar-refractivity contribution in [3.63, 3.8) is 0 Å². The second-order valence-corrected chi connectivity index (χ2v) is 12.2. The van der Waals surface area contributed by atoms with Gasteiger partial charge in [-0.1, -0.05) is 12.1 Å². The molecule has 0 atom stereocenters. The second kappa shape index (κ2) is 10.2. The highest BCUT2D eigenvalue weighted by molar-refractivity contribution is 7.89. The zero-order chi connectivity index (χ0) is 27.1. The number of nitrogens with two attached hydrogens (primary N) is 1. The fourth-order valence-electron chi connectivity index (χ4n) is 4.52. The number of benzene rings is 1. The zero-order valence-electron chi connectivity index (χ0n) is 20.1. The Morgan fingerprint density at radius 2 is 1.79 bits per heavy atom. The van der Waals surface area contributed by atoms with E-state index in [1.54, 1.807) is 29.2 Å². The number of rotatable bonds is 5. The molecule has 0 spiro atoms. The zero-order valence-corrected chi connectivity index (χ0v) is 21.7. The van der Waals surface area contributed by atoms with E-state index >= 15 is 0 Å². The SMILES string of the molecule is NC(=O)N1CCc2nc(-c3ccc(S(=O)(=O)N4CCC(Nc5ccc(C(F)(F)F)cn5)CC4)cc3)sc2C1. The Labute approximate surface area is 221 Å². The molecule has 202 valence electrons. The fourth-order valence-corrected chi connectivity index (χ4v) is 7.12. The molecule has 4 heterocycles. The van der Waals surface area contributed by atoms with E-state index in [2.05, 4.69) is 15.3 Å². The van der Waals surface area contributed by atoms with Crippen LogP contribution in [0.4, 0.5) is 23.8 Å². The summed E-state index contributed by atoms with van der Waals surface area (Å²) in [5.41, 5.74) is 6.30. The van der Waals surface area contributed by atoms with E-state index in [4.69, 9.17) is 5.73 Å². The molecular weight excluding hydrogens is 541 g/mol. The van der Waals surface area contributed by atoms with Crippen LogP contribution in [0.5, 0.6) is 0 Å². The summed E-state index contributed by atoms with van der Waals surface area (Å²) in [6.07, 6.45) is -2.06. The summed E-state index contributed by atoms with van der Waals surface area (Å²) < 4.78 is 66.0. The van der Waals surface area contributed by atoms with Gasteiger partial charge in [-0.15, -0.1) is 11.3 Å². The number of aromatic nitrogens is 2. The first-order valence-electron chi connectivity index (χ1n) is 11.9. The number of sulfonamides is 1. The fraction of sp³-hybridized carbons (Fsp3) is 0.375. The monoisotopic (exact) mass is 566 g/mol. The molecule has 9 nitrogen and oxygen atoms in total. The topological polar surface area (TPSA) is 122 Å². The molecule has 3 aromatic rings. The molecule has 1 saturated heterocycles. The van der Waals surface area contributed by atoms with E-state index in [1.807, 2.05) is 0 Å². The van der Waals surface area contributed by atoms with Crippen molar-refractivity contribution in [1.29, 1.82) is 0 Å². The number of nitrogens with one attached hydrogen (secondary N) is 1. The molecule has 5 rings (SSSR count). The Morgan fingerprint density at radius 1 is 1.08 bits per heavy atom. The van der Waals surface area contributed by atoms with Gasteiger partial charge in [0.2, 0.25) is 10.0 Å². The molecule has 2 aromatic heterocycles. The lowest BCUT2D eigenvalue weighted by Crippen LogP contribution is -2.42. The van der Waals surface area contributed by atoms with Crippen LogP contribution in [0.25, 0.3) is 10.6 Å². The molecule has 38 heavy (non-hydrogen) atoms. The minimum Gasteiger partial charge on any atom is -0.367 e. The highest BCUT2D eigenvalue weighted by Gasteiger charge is 2.32. The highest BCUT2D eigenvalue weighted by Crippen LogP contribution is 2.33. The van der Waals surface area contributed by atoms with Gasteiger partial charge in [-0.05, 0) is 37.1 Å². The number of anilines is 1. The number of alkyl halides is 3. The number of fused-ring (bicyclic) bond motifs is 1. The van der Waals surface area contributed by atoms with Crippen molar-refractivity contribution >= 4 is 33.2 Å². The third-order valence-corrected chi connectivity index (χ3v) is 9.72. The molecule has 0 aliphatic carbocycles. The van der Waals surface area contributed by atoms with Gasteiger partial charge in [0.15, 0.2) is 0 Å². The lowest BCUT2D eigenvalue weighted by atomic mass is 10.1. The third kappa shape index (κ3) is 5.47. The summed E-state index contributed by atoms with van der Waals surface area (Å²) >= 11 is 1.47. The maximum Gasteiger partial charge on any atom is 0.417 e. The Morgan fingerprint density at radius 3 is 2.39 bits per heavy atom. The maximum absolute atomic E-state index is 13.2. The summed E-state index contributed by atoms with van der Waals surface area (Å²) in [5.74, 6) is 0.320. The van der Waals surface area contributed by atoms with Gasteiger partial charge >= 0.3 is 12.2 Å². The van der Waals surface area contributed by atoms with Crippen LogP contribution in [0.15, 0.2) is 47.5 Å². The van der Waals surface area contributed by atoms with Gasteiger partial charge in [-0.3, -0.25) is 0 Å². The number of pyridine rings is 1. The van der Waals surface area contributed by atoms with Crippen molar-refractivity contribution in [3.05, 3.63) is 58.7 Å². The average Bonchev–Trinajstić information content (AvgIpc) is 3.32. The van der Waals surface area contributed by atoms with Crippen molar-refractivity contribution in [2.24, 2.45) is 5.73 Å². The molecule has 2 aliphatic rings. The Bertz CT molecular complexity index is 1420. The van der Waals surface area contributed by atoms with Crippen molar-refractivity contribution in [1.82, 2.24) is 19.2 Å². The molecule has 1 fully saturated rings. The first-order chi connectivity index (χ1) is 18.0. The van der Waals surface area contributed by atoms with Crippen molar-refractivity contribution in [2.75, 3.05) is 25.0 Å². The summed E-state index contributed by atoms with van der Waals surface area (Å²) in [6, 6.07) is 8.27. The van der Waals surface area contributed by atoms with Crippen LogP contribution < -0.4 is 11.1 Å². The lowest BCUT2D eigenvalue weighted by molar-refractivity contribution is -0.137. The molecular formula is C24H25F3N6O3S2. The summed E-state index contributed by atoms with van der Waals surface area (Å²) in [7, 11) is -3.71. The molecule has 1 aromatic carbocycles. The normalized spacial score (nSPS) is 17.3. The third-order valence-electron chi connectivity index (χ3n) is 6.68. The predicted molar refractivity (Wildman–Crippen MR) is 136 cm³/mol. The molecule has 0 bridgehead atoms.